The highest BCUT2D eigenvalue weighted by Gasteiger charge is 2.12. The SMILES string of the molecule is CCN(CC/C(N)=N/O)C(=O)Cc1ccc(Br)cc1. The molecule has 0 atom stereocenters. The Morgan fingerprint density at radius 1 is 1.42 bits per heavy atom. The molecule has 0 aliphatic rings. The zero-order chi connectivity index (χ0) is 14.3. The van der Waals surface area contributed by atoms with Crippen molar-refractivity contribution in [3.8, 4) is 0 Å². The summed E-state index contributed by atoms with van der Waals surface area (Å²) in [6, 6.07) is 7.66. The van der Waals surface area contributed by atoms with Gasteiger partial charge in [0, 0.05) is 24.0 Å². The number of carbonyl (C=O) groups is 1. The van der Waals surface area contributed by atoms with Crippen molar-refractivity contribution in [2.24, 2.45) is 10.9 Å². The first kappa shape index (κ1) is 15.5. The van der Waals surface area contributed by atoms with E-state index in [0.717, 1.165) is 10.0 Å². The fourth-order valence-electron chi connectivity index (χ4n) is 1.65. The van der Waals surface area contributed by atoms with Crippen LogP contribution in [0.25, 0.3) is 0 Å². The molecule has 6 heteroatoms. The summed E-state index contributed by atoms with van der Waals surface area (Å²) in [7, 11) is 0. The molecule has 1 amide bonds. The van der Waals surface area contributed by atoms with Gasteiger partial charge in [0.1, 0.15) is 5.84 Å². The third kappa shape index (κ3) is 5.30. The topological polar surface area (TPSA) is 78.9 Å². The van der Waals surface area contributed by atoms with Crippen molar-refractivity contribution in [3.05, 3.63) is 34.3 Å². The van der Waals surface area contributed by atoms with E-state index in [2.05, 4.69) is 21.1 Å². The van der Waals surface area contributed by atoms with Crippen molar-refractivity contribution >= 4 is 27.7 Å². The van der Waals surface area contributed by atoms with Gasteiger partial charge in [-0.3, -0.25) is 4.79 Å². The van der Waals surface area contributed by atoms with Crippen LogP contribution in [-0.2, 0) is 11.2 Å². The molecule has 0 unspecified atom stereocenters. The Hall–Kier alpha value is -1.56. The van der Waals surface area contributed by atoms with E-state index >= 15 is 0 Å². The molecule has 0 aromatic heterocycles. The van der Waals surface area contributed by atoms with Gasteiger partial charge in [0.2, 0.25) is 5.91 Å². The Bertz CT molecular complexity index is 446. The predicted molar refractivity (Wildman–Crippen MR) is 78.1 cm³/mol. The zero-order valence-electron chi connectivity index (χ0n) is 10.8. The van der Waals surface area contributed by atoms with Crippen molar-refractivity contribution in [1.29, 1.82) is 0 Å². The van der Waals surface area contributed by atoms with Gasteiger partial charge in [0.15, 0.2) is 0 Å². The smallest absolute Gasteiger partial charge is 0.226 e. The highest BCUT2D eigenvalue weighted by molar-refractivity contribution is 9.10. The molecule has 0 radical (unpaired) electrons. The number of nitrogens with two attached hydrogens (primary N) is 1. The average molecular weight is 328 g/mol. The minimum Gasteiger partial charge on any atom is -0.409 e. The Kier molecular flexibility index (Phi) is 6.35. The van der Waals surface area contributed by atoms with Crippen LogP contribution in [0, 0.1) is 0 Å². The second kappa shape index (κ2) is 7.78. The molecule has 19 heavy (non-hydrogen) atoms. The first-order chi connectivity index (χ1) is 9.06. The molecule has 1 aromatic carbocycles. The first-order valence-corrected chi connectivity index (χ1v) is 6.84. The number of likely N-dealkylation sites (N-methyl/N-ethyl adjacent to an activating group) is 1. The van der Waals surface area contributed by atoms with Gasteiger partial charge in [-0.2, -0.15) is 0 Å². The maximum Gasteiger partial charge on any atom is 0.226 e. The summed E-state index contributed by atoms with van der Waals surface area (Å²) in [5, 5.41) is 11.4. The van der Waals surface area contributed by atoms with Crippen LogP contribution in [0.1, 0.15) is 18.9 Å². The zero-order valence-corrected chi connectivity index (χ0v) is 12.4. The quantitative estimate of drug-likeness (QED) is 0.363. The van der Waals surface area contributed by atoms with Gasteiger partial charge < -0.3 is 15.8 Å². The molecule has 0 aliphatic heterocycles. The standard InChI is InChI=1S/C13H18BrN3O2/c1-2-17(8-7-12(15)16-19)13(18)9-10-3-5-11(14)6-4-10/h3-6,19H,2,7-9H2,1H3,(H2,15,16). The van der Waals surface area contributed by atoms with E-state index in [-0.39, 0.29) is 11.7 Å². The molecule has 0 aliphatic carbocycles. The summed E-state index contributed by atoms with van der Waals surface area (Å²) in [4.78, 5) is 13.8. The third-order valence-corrected chi connectivity index (χ3v) is 3.30. The van der Waals surface area contributed by atoms with E-state index in [9.17, 15) is 4.79 Å². The molecule has 104 valence electrons. The highest BCUT2D eigenvalue weighted by atomic mass is 79.9. The summed E-state index contributed by atoms with van der Waals surface area (Å²) in [6.07, 6.45) is 0.730. The van der Waals surface area contributed by atoms with Crippen molar-refractivity contribution in [3.63, 3.8) is 0 Å². The largest absolute Gasteiger partial charge is 0.409 e. The van der Waals surface area contributed by atoms with Crippen LogP contribution >= 0.6 is 15.9 Å². The van der Waals surface area contributed by atoms with Gasteiger partial charge in [-0.1, -0.05) is 33.2 Å². The minimum absolute atomic E-state index is 0.0376. The maximum absolute atomic E-state index is 12.1. The lowest BCUT2D eigenvalue weighted by Crippen LogP contribution is -2.35. The minimum atomic E-state index is 0.0376. The van der Waals surface area contributed by atoms with Crippen molar-refractivity contribution in [1.82, 2.24) is 4.90 Å². The van der Waals surface area contributed by atoms with E-state index in [4.69, 9.17) is 10.9 Å². The normalized spacial score (nSPS) is 11.4. The van der Waals surface area contributed by atoms with Crippen LogP contribution < -0.4 is 5.73 Å². The van der Waals surface area contributed by atoms with Crippen LogP contribution in [0.2, 0.25) is 0 Å². The lowest BCUT2D eigenvalue weighted by Gasteiger charge is -2.20. The number of halogens is 1. The molecule has 5 nitrogen and oxygen atoms in total. The van der Waals surface area contributed by atoms with Gasteiger partial charge >= 0.3 is 0 Å². The number of benzene rings is 1. The van der Waals surface area contributed by atoms with Crippen molar-refractivity contribution < 1.29 is 10.0 Å². The highest BCUT2D eigenvalue weighted by Crippen LogP contribution is 2.11. The van der Waals surface area contributed by atoms with E-state index in [1.165, 1.54) is 0 Å². The molecular weight excluding hydrogens is 310 g/mol. The number of carbonyl (C=O) groups excluding carboxylic acids is 1. The number of hydrogen-bond donors (Lipinski definition) is 2. The average Bonchev–Trinajstić information content (AvgIpc) is 2.41. The molecular formula is C13H18BrN3O2. The molecule has 0 saturated heterocycles. The molecule has 1 aromatic rings. The van der Waals surface area contributed by atoms with E-state index in [0.29, 0.717) is 25.9 Å². The Labute approximate surface area is 121 Å². The van der Waals surface area contributed by atoms with Crippen LogP contribution in [0.4, 0.5) is 0 Å². The summed E-state index contributed by atoms with van der Waals surface area (Å²) >= 11 is 3.36. The second-order valence-electron chi connectivity index (χ2n) is 4.12. The second-order valence-corrected chi connectivity index (χ2v) is 5.03. The predicted octanol–water partition coefficient (Wildman–Crippen LogP) is 1.98. The van der Waals surface area contributed by atoms with Gasteiger partial charge in [0.05, 0.1) is 6.42 Å². The van der Waals surface area contributed by atoms with Crippen LogP contribution in [-0.4, -0.2) is 34.9 Å². The van der Waals surface area contributed by atoms with Crippen LogP contribution in [0.15, 0.2) is 33.9 Å². The molecule has 0 heterocycles. The van der Waals surface area contributed by atoms with E-state index < -0.39 is 0 Å². The third-order valence-electron chi connectivity index (χ3n) is 2.77. The van der Waals surface area contributed by atoms with Gasteiger partial charge in [-0.25, -0.2) is 0 Å². The fraction of sp³-hybridized carbons (Fsp3) is 0.385. The summed E-state index contributed by atoms with van der Waals surface area (Å²) in [5.74, 6) is 0.172. The van der Waals surface area contributed by atoms with Gasteiger partial charge in [-0.15, -0.1) is 0 Å². The summed E-state index contributed by atoms with van der Waals surface area (Å²) < 4.78 is 0.989. The number of amides is 1. The Morgan fingerprint density at radius 2 is 2.05 bits per heavy atom. The molecule has 3 N–H and O–H groups in total. The molecule has 0 bridgehead atoms. The number of nitrogens with zero attached hydrogens (tertiary/aromatic N) is 2. The van der Waals surface area contributed by atoms with Crippen molar-refractivity contribution in [2.45, 2.75) is 19.8 Å². The monoisotopic (exact) mass is 327 g/mol. The molecule has 0 saturated carbocycles. The molecule has 0 spiro atoms. The lowest BCUT2D eigenvalue weighted by molar-refractivity contribution is -0.130. The number of hydrogen-bond acceptors (Lipinski definition) is 3. The molecule has 1 rings (SSSR count). The summed E-state index contributed by atoms with van der Waals surface area (Å²) in [6.45, 7) is 2.97. The van der Waals surface area contributed by atoms with E-state index in [1.807, 2.05) is 31.2 Å². The number of oxime groups is 1. The lowest BCUT2D eigenvalue weighted by atomic mass is 10.1. The number of rotatable bonds is 6. The summed E-state index contributed by atoms with van der Waals surface area (Å²) in [5.41, 5.74) is 6.37. The number of amidine groups is 1. The maximum atomic E-state index is 12.1. The Balaban J connectivity index is 2.56. The molecule has 0 fully saturated rings. The van der Waals surface area contributed by atoms with Crippen molar-refractivity contribution in [2.75, 3.05) is 13.1 Å². The fourth-order valence-corrected chi connectivity index (χ4v) is 1.91. The first-order valence-electron chi connectivity index (χ1n) is 6.05. The van der Waals surface area contributed by atoms with E-state index in [1.54, 1.807) is 4.90 Å². The van der Waals surface area contributed by atoms with Gasteiger partial charge in [-0.05, 0) is 24.6 Å². The van der Waals surface area contributed by atoms with Gasteiger partial charge in [0.25, 0.3) is 0 Å². The Morgan fingerprint density at radius 3 is 2.58 bits per heavy atom. The van der Waals surface area contributed by atoms with Crippen LogP contribution in [0.3, 0.4) is 0 Å². The van der Waals surface area contributed by atoms with Crippen LogP contribution in [0.5, 0.6) is 0 Å².